The molecule has 2 heterocycles. The summed E-state index contributed by atoms with van der Waals surface area (Å²) < 4.78 is 5.04. The van der Waals surface area contributed by atoms with E-state index < -0.39 is 0 Å². The van der Waals surface area contributed by atoms with Crippen LogP contribution in [0.15, 0.2) is 12.3 Å². The maximum absolute atomic E-state index is 11.9. The normalized spacial score (nSPS) is 16.9. The molecule has 6 heteroatoms. The molecule has 1 N–H and O–H groups in total. The van der Waals surface area contributed by atoms with Gasteiger partial charge in [0.15, 0.2) is 0 Å². The second-order valence-electron chi connectivity index (χ2n) is 4.99. The van der Waals surface area contributed by atoms with E-state index in [-0.39, 0.29) is 5.97 Å². The number of nitrogens with zero attached hydrogens (tertiary/aromatic N) is 2. The van der Waals surface area contributed by atoms with Gasteiger partial charge in [0.05, 0.1) is 12.3 Å². The van der Waals surface area contributed by atoms with Gasteiger partial charge in [0.25, 0.3) is 0 Å². The van der Waals surface area contributed by atoms with Crippen LogP contribution >= 0.6 is 11.6 Å². The van der Waals surface area contributed by atoms with Gasteiger partial charge in [-0.3, -0.25) is 0 Å². The second kappa shape index (κ2) is 6.90. The number of pyridine rings is 1. The molecule has 1 aliphatic rings. The summed E-state index contributed by atoms with van der Waals surface area (Å²) in [6, 6.07) is 2.03. The Morgan fingerprint density at radius 3 is 2.90 bits per heavy atom. The number of esters is 1. The van der Waals surface area contributed by atoms with Crippen LogP contribution in [-0.4, -0.2) is 48.6 Å². The van der Waals surface area contributed by atoms with Crippen LogP contribution in [0.25, 0.3) is 0 Å². The highest BCUT2D eigenvalue weighted by Gasteiger charge is 2.20. The molecule has 1 saturated heterocycles. The van der Waals surface area contributed by atoms with Crippen molar-refractivity contribution in [3.05, 3.63) is 23.0 Å². The summed E-state index contributed by atoms with van der Waals surface area (Å²) in [4.78, 5) is 18.2. The van der Waals surface area contributed by atoms with E-state index in [2.05, 4.69) is 22.2 Å². The molecule has 0 spiro atoms. The summed E-state index contributed by atoms with van der Waals surface area (Å²) in [5, 5.41) is 3.77. The first-order valence-electron chi connectivity index (χ1n) is 6.88. The van der Waals surface area contributed by atoms with Gasteiger partial charge in [0.1, 0.15) is 10.7 Å². The van der Waals surface area contributed by atoms with E-state index in [0.29, 0.717) is 29.1 Å². The molecule has 0 aromatic carbocycles. The molecule has 1 aliphatic heterocycles. The highest BCUT2D eigenvalue weighted by atomic mass is 35.5. The first-order valence-corrected chi connectivity index (χ1v) is 7.25. The monoisotopic (exact) mass is 297 g/mol. The van der Waals surface area contributed by atoms with Crippen LogP contribution in [0.5, 0.6) is 0 Å². The van der Waals surface area contributed by atoms with E-state index >= 15 is 0 Å². The summed E-state index contributed by atoms with van der Waals surface area (Å²) in [6.45, 7) is 4.22. The minimum Gasteiger partial charge on any atom is -0.462 e. The molecule has 1 aromatic heterocycles. The fourth-order valence-electron chi connectivity index (χ4n) is 2.29. The average Bonchev–Trinajstić information content (AvgIpc) is 2.42. The Balaban J connectivity index is 2.12. The lowest BCUT2D eigenvalue weighted by atomic mass is 10.0. The number of likely N-dealkylation sites (tertiary alicyclic amines) is 1. The Bertz CT molecular complexity index is 473. The van der Waals surface area contributed by atoms with E-state index in [1.165, 1.54) is 6.20 Å². The van der Waals surface area contributed by atoms with Gasteiger partial charge in [-0.25, -0.2) is 9.78 Å². The Labute approximate surface area is 124 Å². The lowest BCUT2D eigenvalue weighted by Gasteiger charge is -2.30. The zero-order chi connectivity index (χ0) is 14.5. The Kier molecular flexibility index (Phi) is 5.20. The van der Waals surface area contributed by atoms with Crippen molar-refractivity contribution in [2.45, 2.75) is 25.8 Å². The standard InChI is InChI=1S/C14H20ClN3O2/c1-3-20-14(19)11-9-16-13(15)8-12(11)17-10-4-6-18(2)7-5-10/h8-10H,3-7H2,1-2H3,(H,16,17). The van der Waals surface area contributed by atoms with Crippen LogP contribution in [0.4, 0.5) is 5.69 Å². The molecule has 0 atom stereocenters. The summed E-state index contributed by atoms with van der Waals surface area (Å²) in [5.41, 5.74) is 1.15. The number of hydrogen-bond acceptors (Lipinski definition) is 5. The van der Waals surface area contributed by atoms with Crippen molar-refractivity contribution in [1.82, 2.24) is 9.88 Å². The van der Waals surface area contributed by atoms with Gasteiger partial charge in [-0.15, -0.1) is 0 Å². The Morgan fingerprint density at radius 2 is 2.25 bits per heavy atom. The third kappa shape index (κ3) is 3.84. The van der Waals surface area contributed by atoms with Gasteiger partial charge in [0.2, 0.25) is 0 Å². The smallest absolute Gasteiger partial charge is 0.341 e. The van der Waals surface area contributed by atoms with Crippen molar-refractivity contribution in [1.29, 1.82) is 0 Å². The summed E-state index contributed by atoms with van der Waals surface area (Å²) in [5.74, 6) is -0.368. The van der Waals surface area contributed by atoms with E-state index in [1.807, 2.05) is 0 Å². The number of nitrogens with one attached hydrogen (secondary N) is 1. The van der Waals surface area contributed by atoms with Crippen molar-refractivity contribution in [3.63, 3.8) is 0 Å². The molecule has 1 fully saturated rings. The maximum atomic E-state index is 11.9. The summed E-state index contributed by atoms with van der Waals surface area (Å²) >= 11 is 5.93. The number of rotatable bonds is 4. The molecule has 20 heavy (non-hydrogen) atoms. The number of aromatic nitrogens is 1. The molecule has 0 unspecified atom stereocenters. The lowest BCUT2D eigenvalue weighted by molar-refractivity contribution is 0.0527. The number of ether oxygens (including phenoxy) is 1. The first kappa shape index (κ1) is 15.1. The average molecular weight is 298 g/mol. The van der Waals surface area contributed by atoms with Gasteiger partial charge in [0, 0.05) is 12.2 Å². The molecular weight excluding hydrogens is 278 g/mol. The summed E-state index contributed by atoms with van der Waals surface area (Å²) in [6.07, 6.45) is 3.55. The fourth-order valence-corrected chi connectivity index (χ4v) is 2.45. The maximum Gasteiger partial charge on any atom is 0.341 e. The van der Waals surface area contributed by atoms with Crippen LogP contribution in [0.3, 0.4) is 0 Å². The zero-order valence-electron chi connectivity index (χ0n) is 11.9. The fraction of sp³-hybridized carbons (Fsp3) is 0.571. The van der Waals surface area contributed by atoms with E-state index in [9.17, 15) is 4.79 Å². The molecule has 5 nitrogen and oxygen atoms in total. The van der Waals surface area contributed by atoms with E-state index in [1.54, 1.807) is 13.0 Å². The van der Waals surface area contributed by atoms with E-state index in [0.717, 1.165) is 25.9 Å². The van der Waals surface area contributed by atoms with Crippen molar-refractivity contribution < 1.29 is 9.53 Å². The Hall–Kier alpha value is -1.33. The quantitative estimate of drug-likeness (QED) is 0.683. The van der Waals surface area contributed by atoms with Gasteiger partial charge in [-0.2, -0.15) is 0 Å². The topological polar surface area (TPSA) is 54.5 Å². The highest BCUT2D eigenvalue weighted by Crippen LogP contribution is 2.23. The minimum absolute atomic E-state index is 0.342. The SMILES string of the molecule is CCOC(=O)c1cnc(Cl)cc1NC1CCN(C)CC1. The van der Waals surface area contributed by atoms with Crippen LogP contribution in [0.2, 0.25) is 5.15 Å². The minimum atomic E-state index is -0.368. The highest BCUT2D eigenvalue weighted by molar-refractivity contribution is 6.29. The number of piperidine rings is 1. The molecular formula is C14H20ClN3O2. The number of anilines is 1. The Morgan fingerprint density at radius 1 is 1.55 bits per heavy atom. The molecule has 0 radical (unpaired) electrons. The van der Waals surface area contributed by atoms with Gasteiger partial charge >= 0.3 is 5.97 Å². The second-order valence-corrected chi connectivity index (χ2v) is 5.38. The zero-order valence-corrected chi connectivity index (χ0v) is 12.6. The molecule has 0 aliphatic carbocycles. The van der Waals surface area contributed by atoms with E-state index in [4.69, 9.17) is 16.3 Å². The van der Waals surface area contributed by atoms with Gasteiger partial charge in [-0.05, 0) is 46.0 Å². The predicted molar refractivity (Wildman–Crippen MR) is 79.3 cm³/mol. The number of halogens is 1. The van der Waals surface area contributed by atoms with Gasteiger partial charge < -0.3 is 15.0 Å². The van der Waals surface area contributed by atoms with Crippen molar-refractivity contribution in [3.8, 4) is 0 Å². The molecule has 2 rings (SSSR count). The van der Waals surface area contributed by atoms with Gasteiger partial charge in [-0.1, -0.05) is 11.6 Å². The van der Waals surface area contributed by atoms with Crippen molar-refractivity contribution in [2.24, 2.45) is 0 Å². The van der Waals surface area contributed by atoms with Crippen molar-refractivity contribution >= 4 is 23.3 Å². The van der Waals surface area contributed by atoms with Crippen LogP contribution in [-0.2, 0) is 4.74 Å². The number of carbonyl (C=O) groups is 1. The first-order chi connectivity index (χ1) is 9.60. The van der Waals surface area contributed by atoms with Crippen LogP contribution < -0.4 is 5.32 Å². The third-order valence-electron chi connectivity index (χ3n) is 3.44. The molecule has 0 bridgehead atoms. The van der Waals surface area contributed by atoms with Crippen molar-refractivity contribution in [2.75, 3.05) is 32.1 Å². The number of hydrogen-bond donors (Lipinski definition) is 1. The molecule has 1 aromatic rings. The molecule has 110 valence electrons. The largest absolute Gasteiger partial charge is 0.462 e. The summed E-state index contributed by atoms with van der Waals surface area (Å²) in [7, 11) is 2.11. The third-order valence-corrected chi connectivity index (χ3v) is 3.65. The predicted octanol–water partition coefficient (Wildman–Crippen LogP) is 2.42. The lowest BCUT2D eigenvalue weighted by Crippen LogP contribution is -2.37. The number of carbonyl (C=O) groups excluding carboxylic acids is 1. The molecule has 0 saturated carbocycles. The molecule has 0 amide bonds. The van der Waals surface area contributed by atoms with Crippen LogP contribution in [0, 0.1) is 0 Å². The van der Waals surface area contributed by atoms with Crippen LogP contribution in [0.1, 0.15) is 30.1 Å².